The van der Waals surface area contributed by atoms with Crippen molar-refractivity contribution in [3.63, 3.8) is 0 Å². The Bertz CT molecular complexity index is 959. The third-order valence-electron chi connectivity index (χ3n) is 5.37. The molecular formula is C20H29N5O3S. The van der Waals surface area contributed by atoms with Crippen molar-refractivity contribution in [1.29, 1.82) is 0 Å². The molecular weight excluding hydrogens is 390 g/mol. The number of rotatable bonds is 7. The quantitative estimate of drug-likeness (QED) is 0.714. The van der Waals surface area contributed by atoms with Crippen LogP contribution in [0.4, 0.5) is 0 Å². The van der Waals surface area contributed by atoms with Gasteiger partial charge in [0.1, 0.15) is 12.2 Å². The van der Waals surface area contributed by atoms with Crippen LogP contribution in [-0.2, 0) is 21.7 Å². The van der Waals surface area contributed by atoms with Crippen LogP contribution in [0.25, 0.3) is 11.2 Å². The molecule has 2 heterocycles. The maximum atomic E-state index is 13.1. The lowest BCUT2D eigenvalue weighted by atomic mass is 9.95. The first-order chi connectivity index (χ1) is 13.8. The minimum atomic E-state index is -0.662. The number of aromatic amines is 1. The van der Waals surface area contributed by atoms with Gasteiger partial charge >= 0.3 is 0 Å². The SMILES string of the molecule is CCCn1cnc2nc(C3(NC(=O)[C@@H](SC(C)=O)C(C)C)CCCC3)[nH]c2c1=O. The Morgan fingerprint density at radius 3 is 2.62 bits per heavy atom. The Morgan fingerprint density at radius 1 is 1.34 bits per heavy atom. The molecule has 0 aliphatic heterocycles. The maximum Gasteiger partial charge on any atom is 0.279 e. The van der Waals surface area contributed by atoms with E-state index in [1.54, 1.807) is 4.57 Å². The van der Waals surface area contributed by atoms with Gasteiger partial charge in [-0.2, -0.15) is 0 Å². The number of fused-ring (bicyclic) bond motifs is 1. The number of imidazole rings is 1. The molecule has 0 bridgehead atoms. The molecule has 3 rings (SSSR count). The number of aryl methyl sites for hydroxylation is 1. The van der Waals surface area contributed by atoms with Crippen LogP contribution in [0.2, 0.25) is 0 Å². The zero-order valence-electron chi connectivity index (χ0n) is 17.4. The van der Waals surface area contributed by atoms with Gasteiger partial charge in [0.25, 0.3) is 5.56 Å². The molecule has 0 radical (unpaired) electrons. The van der Waals surface area contributed by atoms with Crippen LogP contribution in [0, 0.1) is 5.92 Å². The second kappa shape index (κ2) is 8.69. The number of nitrogens with zero attached hydrogens (tertiary/aromatic N) is 3. The number of amides is 1. The zero-order valence-corrected chi connectivity index (χ0v) is 18.3. The number of hydrogen-bond donors (Lipinski definition) is 2. The lowest BCUT2D eigenvalue weighted by molar-refractivity contribution is -0.123. The smallest absolute Gasteiger partial charge is 0.279 e. The van der Waals surface area contributed by atoms with Gasteiger partial charge in [0, 0.05) is 13.5 Å². The van der Waals surface area contributed by atoms with Crippen molar-refractivity contribution < 1.29 is 9.59 Å². The van der Waals surface area contributed by atoms with Crippen molar-refractivity contribution in [2.75, 3.05) is 0 Å². The van der Waals surface area contributed by atoms with Crippen LogP contribution in [0.5, 0.6) is 0 Å². The van der Waals surface area contributed by atoms with Crippen LogP contribution in [0.1, 0.15) is 65.6 Å². The van der Waals surface area contributed by atoms with Crippen LogP contribution < -0.4 is 10.9 Å². The summed E-state index contributed by atoms with van der Waals surface area (Å²) in [5.74, 6) is 0.423. The van der Waals surface area contributed by atoms with Gasteiger partial charge in [-0.15, -0.1) is 0 Å². The first-order valence-corrected chi connectivity index (χ1v) is 11.1. The topological polar surface area (TPSA) is 110 Å². The summed E-state index contributed by atoms with van der Waals surface area (Å²) >= 11 is 1.06. The van der Waals surface area contributed by atoms with Gasteiger partial charge in [-0.25, -0.2) is 9.97 Å². The number of carbonyl (C=O) groups is 2. The van der Waals surface area contributed by atoms with E-state index in [-0.39, 0.29) is 22.5 Å². The van der Waals surface area contributed by atoms with Crippen molar-refractivity contribution in [3.05, 3.63) is 22.5 Å². The third kappa shape index (κ3) is 4.39. The largest absolute Gasteiger partial charge is 0.342 e. The summed E-state index contributed by atoms with van der Waals surface area (Å²) in [5.41, 5.74) is -0.0711. The van der Waals surface area contributed by atoms with E-state index in [9.17, 15) is 14.4 Å². The van der Waals surface area contributed by atoms with E-state index in [1.165, 1.54) is 13.3 Å². The molecule has 1 saturated carbocycles. The summed E-state index contributed by atoms with van der Waals surface area (Å²) in [6, 6.07) is 0. The normalized spacial score (nSPS) is 17.0. The van der Waals surface area contributed by atoms with Crippen molar-refractivity contribution in [1.82, 2.24) is 24.8 Å². The highest BCUT2D eigenvalue weighted by Gasteiger charge is 2.42. The number of aromatic nitrogens is 4. The molecule has 29 heavy (non-hydrogen) atoms. The van der Waals surface area contributed by atoms with Gasteiger partial charge in [-0.05, 0) is 25.2 Å². The molecule has 2 aromatic heterocycles. The molecule has 158 valence electrons. The molecule has 0 saturated heterocycles. The Hall–Kier alpha value is -2.16. The third-order valence-corrected chi connectivity index (χ3v) is 6.72. The standard InChI is InChI=1S/C20H29N5O3S/c1-5-10-25-11-21-16-14(18(25)28)22-19(23-16)20(8-6-7-9-20)24-17(27)15(12(2)3)29-13(4)26/h11-12,15H,5-10H2,1-4H3,(H,22,23)(H,24,27)/t15-/m0/s1. The fraction of sp³-hybridized carbons (Fsp3) is 0.650. The van der Waals surface area contributed by atoms with E-state index >= 15 is 0 Å². The Morgan fingerprint density at radius 2 is 2.03 bits per heavy atom. The van der Waals surface area contributed by atoms with Crippen molar-refractivity contribution in [2.24, 2.45) is 5.92 Å². The average molecular weight is 420 g/mol. The number of carbonyl (C=O) groups excluding carboxylic acids is 2. The van der Waals surface area contributed by atoms with E-state index in [4.69, 9.17) is 0 Å². The summed E-state index contributed by atoms with van der Waals surface area (Å²) in [5, 5.41) is 2.63. The minimum Gasteiger partial charge on any atom is -0.342 e. The predicted molar refractivity (Wildman–Crippen MR) is 114 cm³/mol. The van der Waals surface area contributed by atoms with Crippen LogP contribution in [0.15, 0.2) is 11.1 Å². The molecule has 0 spiro atoms. The summed E-state index contributed by atoms with van der Waals surface area (Å²) in [7, 11) is 0. The highest BCUT2D eigenvalue weighted by Crippen LogP contribution is 2.38. The first kappa shape index (κ1) is 21.5. The lowest BCUT2D eigenvalue weighted by Gasteiger charge is -2.31. The summed E-state index contributed by atoms with van der Waals surface area (Å²) in [6.07, 6.45) is 5.73. The number of H-pyrrole nitrogens is 1. The highest BCUT2D eigenvalue weighted by atomic mass is 32.2. The number of nitrogens with one attached hydrogen (secondary N) is 2. The van der Waals surface area contributed by atoms with E-state index in [1.807, 2.05) is 20.8 Å². The molecule has 1 fully saturated rings. The summed E-state index contributed by atoms with van der Waals surface area (Å²) < 4.78 is 1.57. The predicted octanol–water partition coefficient (Wildman–Crippen LogP) is 2.72. The maximum absolute atomic E-state index is 13.1. The molecule has 1 aliphatic rings. The molecule has 8 nitrogen and oxygen atoms in total. The fourth-order valence-electron chi connectivity index (χ4n) is 3.93. The fourth-order valence-corrected chi connectivity index (χ4v) is 4.73. The van der Waals surface area contributed by atoms with Gasteiger partial charge in [0.15, 0.2) is 16.3 Å². The summed E-state index contributed by atoms with van der Waals surface area (Å²) in [4.78, 5) is 49.5. The molecule has 2 N–H and O–H groups in total. The molecule has 9 heteroatoms. The lowest BCUT2D eigenvalue weighted by Crippen LogP contribution is -2.49. The van der Waals surface area contributed by atoms with Gasteiger partial charge < -0.3 is 10.3 Å². The molecule has 1 aliphatic carbocycles. The highest BCUT2D eigenvalue weighted by molar-refractivity contribution is 8.14. The van der Waals surface area contributed by atoms with Crippen molar-refractivity contribution in [3.8, 4) is 0 Å². The van der Waals surface area contributed by atoms with E-state index in [0.717, 1.165) is 43.9 Å². The van der Waals surface area contributed by atoms with Crippen molar-refractivity contribution in [2.45, 2.75) is 77.1 Å². The molecule has 0 aromatic carbocycles. The number of thioether (sulfide) groups is 1. The van der Waals surface area contributed by atoms with Crippen molar-refractivity contribution >= 4 is 33.9 Å². The molecule has 1 amide bonds. The monoisotopic (exact) mass is 419 g/mol. The molecule has 0 unspecified atom stereocenters. The van der Waals surface area contributed by atoms with Crippen LogP contribution in [-0.4, -0.2) is 35.8 Å². The summed E-state index contributed by atoms with van der Waals surface area (Å²) in [6.45, 7) is 7.94. The zero-order chi connectivity index (χ0) is 21.2. The second-order valence-electron chi connectivity index (χ2n) is 8.08. The molecule has 2 aromatic rings. The van der Waals surface area contributed by atoms with Crippen LogP contribution in [0.3, 0.4) is 0 Å². The first-order valence-electron chi connectivity index (χ1n) is 10.2. The second-order valence-corrected chi connectivity index (χ2v) is 9.40. The van der Waals surface area contributed by atoms with Gasteiger partial charge in [0.2, 0.25) is 5.91 Å². The van der Waals surface area contributed by atoms with Gasteiger partial charge in [-0.3, -0.25) is 19.0 Å². The number of hydrogen-bond acceptors (Lipinski definition) is 6. The van der Waals surface area contributed by atoms with Gasteiger partial charge in [0.05, 0.1) is 10.8 Å². The Labute approximate surface area is 174 Å². The van der Waals surface area contributed by atoms with Crippen LogP contribution >= 0.6 is 11.8 Å². The Kier molecular flexibility index (Phi) is 6.45. The average Bonchev–Trinajstić information content (AvgIpc) is 3.30. The van der Waals surface area contributed by atoms with E-state index in [0.29, 0.717) is 23.5 Å². The van der Waals surface area contributed by atoms with E-state index < -0.39 is 10.8 Å². The Balaban J connectivity index is 1.96. The minimum absolute atomic E-state index is 0.0148. The molecule has 1 atom stereocenters. The van der Waals surface area contributed by atoms with Gasteiger partial charge in [-0.1, -0.05) is 45.4 Å². The van der Waals surface area contributed by atoms with E-state index in [2.05, 4.69) is 20.3 Å².